The Morgan fingerprint density at radius 2 is 2.41 bits per heavy atom. The van der Waals surface area contributed by atoms with E-state index in [-0.39, 0.29) is 9.92 Å². The first-order valence-corrected chi connectivity index (χ1v) is 5.93. The van der Waals surface area contributed by atoms with Crippen LogP contribution in [0.1, 0.15) is 11.4 Å². The van der Waals surface area contributed by atoms with Crippen LogP contribution in [-0.4, -0.2) is 14.5 Å². The number of imidazole rings is 1. The molecule has 6 nitrogen and oxygen atoms in total. The lowest BCUT2D eigenvalue weighted by Gasteiger charge is -2.02. The fraction of sp³-hybridized carbons (Fsp3) is 0.300. The fourth-order valence-electron chi connectivity index (χ4n) is 1.44. The second kappa shape index (κ2) is 5.07. The van der Waals surface area contributed by atoms with Crippen LogP contribution >= 0.6 is 11.3 Å². The maximum Gasteiger partial charge on any atom is 0.324 e. The van der Waals surface area contributed by atoms with Crippen molar-refractivity contribution in [1.29, 1.82) is 0 Å². The quantitative estimate of drug-likeness (QED) is 0.649. The van der Waals surface area contributed by atoms with Crippen molar-refractivity contribution in [3.8, 4) is 0 Å². The lowest BCUT2D eigenvalue weighted by Crippen LogP contribution is -2.15. The van der Waals surface area contributed by atoms with Crippen molar-refractivity contribution in [2.24, 2.45) is 7.05 Å². The number of nitro groups is 1. The maximum absolute atomic E-state index is 10.5. The van der Waals surface area contributed by atoms with Gasteiger partial charge in [-0.15, -0.1) is 0 Å². The van der Waals surface area contributed by atoms with Gasteiger partial charge < -0.3 is 9.88 Å². The molecule has 0 saturated carbocycles. The summed E-state index contributed by atoms with van der Waals surface area (Å²) in [4.78, 5) is 14.3. The van der Waals surface area contributed by atoms with Crippen LogP contribution in [0, 0.1) is 10.1 Å². The van der Waals surface area contributed by atoms with Crippen molar-refractivity contribution in [3.05, 3.63) is 45.3 Å². The van der Waals surface area contributed by atoms with Crippen LogP contribution in [0.3, 0.4) is 0 Å². The van der Waals surface area contributed by atoms with Crippen LogP contribution < -0.4 is 5.32 Å². The highest BCUT2D eigenvalue weighted by molar-refractivity contribution is 7.13. The van der Waals surface area contributed by atoms with Crippen LogP contribution in [0.15, 0.2) is 23.8 Å². The van der Waals surface area contributed by atoms with E-state index in [4.69, 9.17) is 0 Å². The standard InChI is InChI=1S/C10H12N4O2S/c1-13-3-2-12-9(13)6-11-5-8-4-10(14(15)16)17-7-8/h2-4,7,11H,5-6H2,1H3. The van der Waals surface area contributed by atoms with Crippen molar-refractivity contribution < 1.29 is 4.92 Å². The summed E-state index contributed by atoms with van der Waals surface area (Å²) in [5.74, 6) is 0.940. The monoisotopic (exact) mass is 252 g/mol. The smallest absolute Gasteiger partial charge is 0.324 e. The largest absolute Gasteiger partial charge is 0.337 e. The molecule has 17 heavy (non-hydrogen) atoms. The number of hydrogen-bond donors (Lipinski definition) is 1. The van der Waals surface area contributed by atoms with Crippen LogP contribution in [0.4, 0.5) is 5.00 Å². The van der Waals surface area contributed by atoms with Gasteiger partial charge in [0, 0.05) is 37.4 Å². The van der Waals surface area contributed by atoms with Gasteiger partial charge in [0.25, 0.3) is 0 Å². The Hall–Kier alpha value is -1.73. The predicted octanol–water partition coefficient (Wildman–Crippen LogP) is 1.68. The van der Waals surface area contributed by atoms with E-state index in [2.05, 4.69) is 10.3 Å². The molecule has 2 aromatic heterocycles. The Kier molecular flexibility index (Phi) is 3.50. The first-order valence-electron chi connectivity index (χ1n) is 5.05. The first-order chi connectivity index (χ1) is 8.16. The molecular weight excluding hydrogens is 240 g/mol. The van der Waals surface area contributed by atoms with E-state index in [0.29, 0.717) is 13.1 Å². The highest BCUT2D eigenvalue weighted by Gasteiger charge is 2.09. The molecule has 0 amide bonds. The third kappa shape index (κ3) is 2.89. The molecule has 7 heteroatoms. The lowest BCUT2D eigenvalue weighted by molar-refractivity contribution is -0.380. The summed E-state index contributed by atoms with van der Waals surface area (Å²) in [6.45, 7) is 1.25. The van der Waals surface area contributed by atoms with Gasteiger partial charge in [0.05, 0.1) is 11.5 Å². The zero-order chi connectivity index (χ0) is 12.3. The average molecular weight is 252 g/mol. The van der Waals surface area contributed by atoms with Crippen molar-refractivity contribution in [2.45, 2.75) is 13.1 Å². The van der Waals surface area contributed by atoms with Gasteiger partial charge in [-0.2, -0.15) is 0 Å². The molecule has 0 unspecified atom stereocenters. The minimum Gasteiger partial charge on any atom is -0.337 e. The topological polar surface area (TPSA) is 73.0 Å². The molecule has 0 aliphatic heterocycles. The molecule has 0 bridgehead atoms. The van der Waals surface area contributed by atoms with E-state index < -0.39 is 0 Å². The summed E-state index contributed by atoms with van der Waals surface area (Å²) in [7, 11) is 1.93. The third-order valence-electron chi connectivity index (χ3n) is 2.35. The van der Waals surface area contributed by atoms with Gasteiger partial charge in [-0.05, 0) is 5.56 Å². The molecule has 0 aromatic carbocycles. The van der Waals surface area contributed by atoms with Gasteiger partial charge in [0.2, 0.25) is 0 Å². The molecular formula is C10H12N4O2S. The van der Waals surface area contributed by atoms with Crippen LogP contribution in [0.25, 0.3) is 0 Å². The number of nitrogens with one attached hydrogen (secondary N) is 1. The molecule has 0 radical (unpaired) electrons. The van der Waals surface area contributed by atoms with Crippen molar-refractivity contribution in [1.82, 2.24) is 14.9 Å². The second-order valence-corrected chi connectivity index (χ2v) is 4.50. The van der Waals surface area contributed by atoms with E-state index in [1.54, 1.807) is 17.6 Å². The average Bonchev–Trinajstić information content (AvgIpc) is 2.89. The molecule has 2 aromatic rings. The summed E-state index contributed by atoms with van der Waals surface area (Å²) in [6, 6.07) is 1.59. The number of rotatable bonds is 5. The summed E-state index contributed by atoms with van der Waals surface area (Å²) in [6.07, 6.45) is 3.62. The SMILES string of the molecule is Cn1ccnc1CNCc1csc([N+](=O)[O-])c1. The third-order valence-corrected chi connectivity index (χ3v) is 3.28. The zero-order valence-electron chi connectivity index (χ0n) is 9.29. The number of aromatic nitrogens is 2. The second-order valence-electron chi connectivity index (χ2n) is 3.61. The van der Waals surface area contributed by atoms with E-state index in [1.807, 2.05) is 17.8 Å². The predicted molar refractivity (Wildman–Crippen MR) is 64.7 cm³/mol. The van der Waals surface area contributed by atoms with Gasteiger partial charge in [0.15, 0.2) is 0 Å². The van der Waals surface area contributed by atoms with E-state index in [0.717, 1.165) is 22.7 Å². The van der Waals surface area contributed by atoms with Crippen LogP contribution in [0.2, 0.25) is 0 Å². The van der Waals surface area contributed by atoms with Crippen LogP contribution in [0.5, 0.6) is 0 Å². The molecule has 1 N–H and O–H groups in total. The van der Waals surface area contributed by atoms with E-state index in [1.165, 1.54) is 0 Å². The van der Waals surface area contributed by atoms with Crippen LogP contribution in [-0.2, 0) is 20.1 Å². The molecule has 0 aliphatic rings. The van der Waals surface area contributed by atoms with Gasteiger partial charge in [-0.1, -0.05) is 11.3 Å². The highest BCUT2D eigenvalue weighted by atomic mass is 32.1. The summed E-state index contributed by atoms with van der Waals surface area (Å²) < 4.78 is 1.93. The number of nitrogens with zero attached hydrogens (tertiary/aromatic N) is 3. The Bertz CT molecular complexity index is 520. The molecule has 0 atom stereocenters. The Balaban J connectivity index is 1.86. The molecule has 0 spiro atoms. The molecule has 0 saturated heterocycles. The van der Waals surface area contributed by atoms with Crippen molar-refractivity contribution in [3.63, 3.8) is 0 Å². The van der Waals surface area contributed by atoms with Gasteiger partial charge in [-0.25, -0.2) is 4.98 Å². The van der Waals surface area contributed by atoms with Gasteiger partial charge >= 0.3 is 5.00 Å². The minimum absolute atomic E-state index is 0.179. The number of hydrogen-bond acceptors (Lipinski definition) is 5. The summed E-state index contributed by atoms with van der Waals surface area (Å²) >= 11 is 1.15. The molecule has 2 heterocycles. The molecule has 0 fully saturated rings. The first kappa shape index (κ1) is 11.7. The molecule has 2 rings (SSSR count). The molecule has 0 aliphatic carbocycles. The zero-order valence-corrected chi connectivity index (χ0v) is 10.1. The Morgan fingerprint density at radius 3 is 3.00 bits per heavy atom. The highest BCUT2D eigenvalue weighted by Crippen LogP contribution is 2.22. The molecule has 90 valence electrons. The number of thiophene rings is 1. The lowest BCUT2D eigenvalue weighted by atomic mass is 10.3. The van der Waals surface area contributed by atoms with Crippen molar-refractivity contribution in [2.75, 3.05) is 0 Å². The number of aryl methyl sites for hydroxylation is 1. The maximum atomic E-state index is 10.5. The Morgan fingerprint density at radius 1 is 1.59 bits per heavy atom. The summed E-state index contributed by atoms with van der Waals surface area (Å²) in [5.41, 5.74) is 0.927. The normalized spacial score (nSPS) is 10.6. The summed E-state index contributed by atoms with van der Waals surface area (Å²) in [5, 5.41) is 15.7. The van der Waals surface area contributed by atoms with Gasteiger partial charge in [-0.3, -0.25) is 10.1 Å². The van der Waals surface area contributed by atoms with Crippen molar-refractivity contribution >= 4 is 16.3 Å². The van der Waals surface area contributed by atoms with E-state index >= 15 is 0 Å². The van der Waals surface area contributed by atoms with E-state index in [9.17, 15) is 10.1 Å². The minimum atomic E-state index is -0.368. The Labute approximate surface area is 102 Å². The fourth-order valence-corrected chi connectivity index (χ4v) is 2.17. The van der Waals surface area contributed by atoms with Gasteiger partial charge in [0.1, 0.15) is 5.82 Å².